The Morgan fingerprint density at radius 1 is 1.27 bits per heavy atom. The lowest BCUT2D eigenvalue weighted by Gasteiger charge is -2.18. The van der Waals surface area contributed by atoms with Crippen LogP contribution < -0.4 is 5.32 Å². The maximum atomic E-state index is 13.5. The van der Waals surface area contributed by atoms with Gasteiger partial charge in [-0.1, -0.05) is 28.9 Å². The second-order valence-corrected chi connectivity index (χ2v) is 11.6. The Hall–Kier alpha value is -4.09. The van der Waals surface area contributed by atoms with Crippen molar-refractivity contribution >= 4 is 28.7 Å². The van der Waals surface area contributed by atoms with Crippen molar-refractivity contribution in [3.8, 4) is 22.5 Å². The molecule has 1 aliphatic rings. The third kappa shape index (κ3) is 5.11. The van der Waals surface area contributed by atoms with Crippen LogP contribution in [0.1, 0.15) is 59.4 Å². The molecule has 12 heteroatoms. The standard InChI is InChI=1S/C29H29ClFN7O3/c1-14-6-7-17(26-34-28(41-36-26)19-9-22(19)31)8-23(14)33-27(39)20-11-32-37-12-21(30)18(10-24(20)37)25-15(2)35-38(16(25)3)13-29(4,5)40/h6-8,10-12,19,22,40H,9,13H2,1-5H3,(H,33,39)/t19-,22-/m0/s1. The van der Waals surface area contributed by atoms with E-state index in [4.69, 9.17) is 16.1 Å². The smallest absolute Gasteiger partial charge is 0.259 e. The molecule has 2 N–H and O–H groups in total. The van der Waals surface area contributed by atoms with E-state index < -0.39 is 11.8 Å². The number of hydrogen-bond donors (Lipinski definition) is 2. The van der Waals surface area contributed by atoms with Crippen LogP contribution in [0.4, 0.5) is 10.1 Å². The number of aromatic nitrogens is 6. The Morgan fingerprint density at radius 2 is 2.02 bits per heavy atom. The number of nitrogens with one attached hydrogen (secondary N) is 1. The van der Waals surface area contributed by atoms with Gasteiger partial charge in [0.2, 0.25) is 11.7 Å². The van der Waals surface area contributed by atoms with Crippen molar-refractivity contribution in [3.05, 3.63) is 70.1 Å². The number of aryl methyl sites for hydroxylation is 2. The van der Waals surface area contributed by atoms with Crippen molar-refractivity contribution < 1.29 is 18.8 Å². The summed E-state index contributed by atoms with van der Waals surface area (Å²) in [6.07, 6.45) is 2.62. The van der Waals surface area contributed by atoms with Gasteiger partial charge in [-0.3, -0.25) is 9.48 Å². The summed E-state index contributed by atoms with van der Waals surface area (Å²) >= 11 is 6.68. The van der Waals surface area contributed by atoms with Crippen LogP contribution in [0.2, 0.25) is 5.02 Å². The van der Waals surface area contributed by atoms with Crippen LogP contribution in [0.5, 0.6) is 0 Å². The number of amides is 1. The first kappa shape index (κ1) is 27.1. The summed E-state index contributed by atoms with van der Waals surface area (Å²) in [6, 6.07) is 7.27. The number of pyridine rings is 1. The van der Waals surface area contributed by atoms with Crippen LogP contribution in [0, 0.1) is 20.8 Å². The topological polar surface area (TPSA) is 123 Å². The second-order valence-electron chi connectivity index (χ2n) is 11.2. The highest BCUT2D eigenvalue weighted by Gasteiger charge is 2.43. The maximum absolute atomic E-state index is 13.5. The quantitative estimate of drug-likeness (QED) is 0.255. The Kier molecular flexibility index (Phi) is 6.46. The highest BCUT2D eigenvalue weighted by molar-refractivity contribution is 6.33. The van der Waals surface area contributed by atoms with Gasteiger partial charge in [0.1, 0.15) is 6.17 Å². The molecule has 4 aromatic heterocycles. The summed E-state index contributed by atoms with van der Waals surface area (Å²) < 4.78 is 22.0. The SMILES string of the molecule is Cc1ccc(-c2noc([C@H]3C[C@@H]3F)n2)cc1NC(=O)c1cnn2cc(Cl)c(-c3c(C)nn(CC(C)(C)O)c3C)cc12. The molecule has 0 bridgehead atoms. The van der Waals surface area contributed by atoms with Crippen LogP contribution in [-0.2, 0) is 6.54 Å². The van der Waals surface area contributed by atoms with Gasteiger partial charge in [-0.25, -0.2) is 8.91 Å². The van der Waals surface area contributed by atoms with Crippen molar-refractivity contribution in [1.82, 2.24) is 29.5 Å². The zero-order chi connectivity index (χ0) is 29.2. The van der Waals surface area contributed by atoms with Gasteiger partial charge in [0, 0.05) is 34.3 Å². The monoisotopic (exact) mass is 577 g/mol. The van der Waals surface area contributed by atoms with Crippen molar-refractivity contribution in [2.24, 2.45) is 0 Å². The van der Waals surface area contributed by atoms with Gasteiger partial charge in [0.25, 0.3) is 5.91 Å². The van der Waals surface area contributed by atoms with Crippen LogP contribution in [0.15, 0.2) is 41.2 Å². The van der Waals surface area contributed by atoms with E-state index in [1.54, 1.807) is 35.3 Å². The van der Waals surface area contributed by atoms with E-state index in [1.165, 1.54) is 6.20 Å². The molecule has 0 unspecified atom stereocenters. The summed E-state index contributed by atoms with van der Waals surface area (Å²) in [5.74, 6) is -0.0682. The Bertz CT molecular complexity index is 1820. The Labute approximate surface area is 240 Å². The van der Waals surface area contributed by atoms with E-state index in [2.05, 4.69) is 25.7 Å². The van der Waals surface area contributed by atoms with Crippen molar-refractivity contribution in [1.29, 1.82) is 0 Å². The third-order valence-corrected chi connectivity index (χ3v) is 7.56. The van der Waals surface area contributed by atoms with Crippen molar-refractivity contribution in [3.63, 3.8) is 0 Å². The highest BCUT2D eigenvalue weighted by atomic mass is 35.5. The second kappa shape index (κ2) is 9.78. The fraction of sp³-hybridized carbons (Fsp3) is 0.345. The average Bonchev–Trinajstić information content (AvgIpc) is 3.21. The largest absolute Gasteiger partial charge is 0.389 e. The lowest BCUT2D eigenvalue weighted by atomic mass is 10.0. The normalized spacial score (nSPS) is 16.9. The number of carbonyl (C=O) groups is 1. The van der Waals surface area contributed by atoms with E-state index in [9.17, 15) is 14.3 Å². The van der Waals surface area contributed by atoms with Crippen LogP contribution in [0.3, 0.4) is 0 Å². The molecule has 1 aliphatic carbocycles. The van der Waals surface area contributed by atoms with Gasteiger partial charge in [0.15, 0.2) is 0 Å². The lowest BCUT2D eigenvalue weighted by molar-refractivity contribution is 0.0570. The first-order valence-corrected chi connectivity index (χ1v) is 13.6. The summed E-state index contributed by atoms with van der Waals surface area (Å²) in [5, 5.41) is 26.7. The molecule has 1 fully saturated rings. The molecular formula is C29H29ClFN7O3. The summed E-state index contributed by atoms with van der Waals surface area (Å²) in [7, 11) is 0. The van der Waals surface area contributed by atoms with Crippen LogP contribution >= 0.6 is 11.6 Å². The molecule has 1 saturated carbocycles. The number of fused-ring (bicyclic) bond motifs is 1. The zero-order valence-corrected chi connectivity index (χ0v) is 24.0. The molecule has 2 atom stereocenters. The minimum absolute atomic E-state index is 0.288. The van der Waals surface area contributed by atoms with Crippen molar-refractivity contribution in [2.45, 2.75) is 65.3 Å². The maximum Gasteiger partial charge on any atom is 0.259 e. The minimum atomic E-state index is -0.943. The number of rotatable bonds is 7. The molecule has 1 amide bonds. The minimum Gasteiger partial charge on any atom is -0.389 e. The molecule has 5 aromatic rings. The molecule has 0 radical (unpaired) electrons. The van der Waals surface area contributed by atoms with E-state index >= 15 is 0 Å². The number of halogens is 2. The summed E-state index contributed by atoms with van der Waals surface area (Å²) in [4.78, 5) is 17.9. The zero-order valence-electron chi connectivity index (χ0n) is 23.2. The van der Waals surface area contributed by atoms with Crippen LogP contribution in [-0.4, -0.2) is 52.3 Å². The fourth-order valence-corrected chi connectivity index (χ4v) is 5.22. The molecule has 41 heavy (non-hydrogen) atoms. The van der Waals surface area contributed by atoms with Crippen LogP contribution in [0.25, 0.3) is 28.0 Å². The van der Waals surface area contributed by atoms with Gasteiger partial charge in [-0.15, -0.1) is 0 Å². The predicted octanol–water partition coefficient (Wildman–Crippen LogP) is 5.68. The highest BCUT2D eigenvalue weighted by Crippen LogP contribution is 2.43. The van der Waals surface area contributed by atoms with Gasteiger partial charge in [0.05, 0.1) is 46.1 Å². The van der Waals surface area contributed by atoms with E-state index in [-0.39, 0.29) is 17.7 Å². The first-order chi connectivity index (χ1) is 19.4. The molecule has 6 rings (SSSR count). The first-order valence-electron chi connectivity index (χ1n) is 13.2. The number of carbonyl (C=O) groups excluding carboxylic acids is 1. The summed E-state index contributed by atoms with van der Waals surface area (Å²) in [5.41, 5.74) is 5.18. The number of hydrogen-bond acceptors (Lipinski definition) is 7. The van der Waals surface area contributed by atoms with Crippen molar-refractivity contribution in [2.75, 3.05) is 5.32 Å². The van der Waals surface area contributed by atoms with E-state index in [1.807, 2.05) is 39.0 Å². The average molecular weight is 578 g/mol. The molecule has 212 valence electrons. The fourth-order valence-electron chi connectivity index (χ4n) is 4.98. The number of benzene rings is 1. The molecule has 1 aromatic carbocycles. The van der Waals surface area contributed by atoms with E-state index in [0.717, 1.165) is 22.5 Å². The third-order valence-electron chi connectivity index (χ3n) is 7.26. The predicted molar refractivity (Wildman–Crippen MR) is 152 cm³/mol. The van der Waals surface area contributed by atoms with Gasteiger partial charge in [-0.2, -0.15) is 15.2 Å². The summed E-state index contributed by atoms with van der Waals surface area (Å²) in [6.45, 7) is 9.46. The molecule has 4 heterocycles. The molecule has 0 saturated heterocycles. The number of aliphatic hydroxyl groups is 1. The van der Waals surface area contributed by atoms with Gasteiger partial charge < -0.3 is 14.9 Å². The molecule has 0 spiro atoms. The molecule has 0 aliphatic heterocycles. The molecule has 10 nitrogen and oxygen atoms in total. The number of anilines is 1. The number of nitrogens with zero attached hydrogens (tertiary/aromatic N) is 6. The Balaban J connectivity index is 1.32. The Morgan fingerprint density at radius 3 is 2.73 bits per heavy atom. The number of alkyl halides is 1. The molecular weight excluding hydrogens is 549 g/mol. The van der Waals surface area contributed by atoms with E-state index in [0.29, 0.717) is 51.7 Å². The van der Waals surface area contributed by atoms with Gasteiger partial charge in [-0.05, 0) is 58.7 Å². The lowest BCUT2D eigenvalue weighted by Crippen LogP contribution is -2.27. The van der Waals surface area contributed by atoms with Gasteiger partial charge >= 0.3 is 0 Å².